The molecule has 2 heterocycles. The number of halogens is 3. The highest BCUT2D eigenvalue weighted by molar-refractivity contribution is 5.82. The quantitative estimate of drug-likeness (QED) is 0.582. The van der Waals surface area contributed by atoms with Crippen LogP contribution >= 0.6 is 0 Å². The third-order valence-corrected chi connectivity index (χ3v) is 3.92. The number of aromatic amines is 1. The number of H-pyrrole nitrogens is 1. The first-order valence-corrected chi connectivity index (χ1v) is 7.55. The molecule has 8 heteroatoms. The predicted molar refractivity (Wildman–Crippen MR) is 88.3 cm³/mol. The number of hydrogen-bond acceptors (Lipinski definition) is 4. The van der Waals surface area contributed by atoms with Gasteiger partial charge in [-0.2, -0.15) is 18.2 Å². The Morgan fingerprint density at radius 2 is 1.73 bits per heavy atom. The summed E-state index contributed by atoms with van der Waals surface area (Å²) >= 11 is 0. The Balaban J connectivity index is 1.73. The fraction of sp³-hybridized carbons (Fsp3) is 0.0556. The number of rotatable bonds is 2. The molecule has 130 valence electrons. The Kier molecular flexibility index (Phi) is 3.61. The van der Waals surface area contributed by atoms with Gasteiger partial charge in [0.2, 0.25) is 11.3 Å². The van der Waals surface area contributed by atoms with E-state index in [0.717, 1.165) is 12.1 Å². The van der Waals surface area contributed by atoms with E-state index < -0.39 is 11.7 Å². The van der Waals surface area contributed by atoms with Crippen LogP contribution in [0.3, 0.4) is 0 Å². The Morgan fingerprint density at radius 3 is 2.46 bits per heavy atom. The second-order valence-electron chi connectivity index (χ2n) is 5.58. The first-order chi connectivity index (χ1) is 12.4. The zero-order chi connectivity index (χ0) is 18.3. The minimum absolute atomic E-state index is 0.00750. The van der Waals surface area contributed by atoms with Crippen molar-refractivity contribution in [1.82, 2.24) is 15.1 Å². The lowest BCUT2D eigenvalue weighted by Crippen LogP contribution is -2.06. The average molecular weight is 357 g/mol. The lowest BCUT2D eigenvalue weighted by Gasteiger charge is -2.05. The Bertz CT molecular complexity index is 1140. The summed E-state index contributed by atoms with van der Waals surface area (Å²) in [5.74, 6) is 0.0909. The van der Waals surface area contributed by atoms with E-state index in [9.17, 15) is 18.0 Å². The van der Waals surface area contributed by atoms with Gasteiger partial charge in [-0.3, -0.25) is 4.79 Å². The predicted octanol–water partition coefficient (Wildman–Crippen LogP) is 4.26. The molecule has 2 aromatic carbocycles. The highest BCUT2D eigenvalue weighted by Crippen LogP contribution is 2.30. The van der Waals surface area contributed by atoms with E-state index in [1.807, 2.05) is 0 Å². The Labute approximate surface area is 144 Å². The monoisotopic (exact) mass is 357 g/mol. The number of para-hydroxylation sites is 1. The molecule has 2 aromatic heterocycles. The van der Waals surface area contributed by atoms with Crippen LogP contribution in [0, 0.1) is 0 Å². The summed E-state index contributed by atoms with van der Waals surface area (Å²) in [7, 11) is 0. The van der Waals surface area contributed by atoms with Gasteiger partial charge in [-0.1, -0.05) is 29.4 Å². The van der Waals surface area contributed by atoms with Crippen molar-refractivity contribution >= 4 is 10.9 Å². The summed E-state index contributed by atoms with van der Waals surface area (Å²) < 4.78 is 43.0. The van der Waals surface area contributed by atoms with Gasteiger partial charge in [-0.25, -0.2) is 0 Å². The molecule has 0 aliphatic carbocycles. The average Bonchev–Trinajstić information content (AvgIpc) is 3.11. The van der Waals surface area contributed by atoms with Gasteiger partial charge in [-0.05, 0) is 24.3 Å². The SMILES string of the molecule is O=c1c(-c2nc(-c3ccc(C(F)(F)F)cc3)no2)c[nH]c2ccccc12. The largest absolute Gasteiger partial charge is 0.416 e. The topological polar surface area (TPSA) is 71.8 Å². The van der Waals surface area contributed by atoms with Crippen molar-refractivity contribution in [3.63, 3.8) is 0 Å². The van der Waals surface area contributed by atoms with E-state index in [-0.39, 0.29) is 22.7 Å². The van der Waals surface area contributed by atoms with Crippen LogP contribution in [0.25, 0.3) is 33.7 Å². The van der Waals surface area contributed by atoms with Crippen LogP contribution in [0.5, 0.6) is 0 Å². The zero-order valence-electron chi connectivity index (χ0n) is 13.0. The molecule has 0 spiro atoms. The van der Waals surface area contributed by atoms with Crippen molar-refractivity contribution in [1.29, 1.82) is 0 Å². The van der Waals surface area contributed by atoms with E-state index >= 15 is 0 Å². The van der Waals surface area contributed by atoms with Crippen LogP contribution in [0.15, 0.2) is 64.0 Å². The zero-order valence-corrected chi connectivity index (χ0v) is 13.0. The fourth-order valence-electron chi connectivity index (χ4n) is 2.58. The molecule has 0 radical (unpaired) electrons. The molecule has 4 rings (SSSR count). The smallest absolute Gasteiger partial charge is 0.360 e. The van der Waals surface area contributed by atoms with Gasteiger partial charge in [0.25, 0.3) is 5.89 Å². The van der Waals surface area contributed by atoms with Crippen molar-refractivity contribution in [2.24, 2.45) is 0 Å². The molecule has 0 saturated carbocycles. The first-order valence-electron chi connectivity index (χ1n) is 7.55. The number of aromatic nitrogens is 3. The minimum Gasteiger partial charge on any atom is -0.360 e. The van der Waals surface area contributed by atoms with Crippen molar-refractivity contribution in [3.8, 4) is 22.8 Å². The maximum absolute atomic E-state index is 12.6. The molecule has 0 bridgehead atoms. The summed E-state index contributed by atoms with van der Waals surface area (Å²) in [6.07, 6.45) is -2.95. The molecule has 4 aromatic rings. The van der Waals surface area contributed by atoms with E-state index in [4.69, 9.17) is 4.52 Å². The minimum atomic E-state index is -4.42. The van der Waals surface area contributed by atoms with Gasteiger partial charge in [0.1, 0.15) is 5.56 Å². The molecule has 0 saturated heterocycles. The number of nitrogens with one attached hydrogen (secondary N) is 1. The molecule has 1 N–H and O–H groups in total. The third-order valence-electron chi connectivity index (χ3n) is 3.92. The summed E-state index contributed by atoms with van der Waals surface area (Å²) in [4.78, 5) is 19.7. The molecule has 0 fully saturated rings. The van der Waals surface area contributed by atoms with Gasteiger partial charge in [-0.15, -0.1) is 0 Å². The Morgan fingerprint density at radius 1 is 1.00 bits per heavy atom. The molecular formula is C18H10F3N3O2. The van der Waals surface area contributed by atoms with Crippen LogP contribution in [-0.4, -0.2) is 15.1 Å². The fourth-order valence-corrected chi connectivity index (χ4v) is 2.58. The van der Waals surface area contributed by atoms with Crippen LogP contribution in [0.1, 0.15) is 5.56 Å². The summed E-state index contributed by atoms with van der Waals surface area (Å²) in [6, 6.07) is 11.4. The second kappa shape index (κ2) is 5.83. The molecule has 5 nitrogen and oxygen atoms in total. The van der Waals surface area contributed by atoms with Crippen LogP contribution < -0.4 is 5.43 Å². The maximum Gasteiger partial charge on any atom is 0.416 e. The Hall–Kier alpha value is -3.42. The van der Waals surface area contributed by atoms with Crippen LogP contribution in [0.4, 0.5) is 13.2 Å². The number of hydrogen-bond donors (Lipinski definition) is 1. The molecule has 0 aliphatic heterocycles. The molecule has 0 unspecified atom stereocenters. The number of nitrogens with zero attached hydrogens (tertiary/aromatic N) is 2. The standard InChI is InChI=1S/C18H10F3N3O2/c19-18(20,21)11-7-5-10(6-8-11)16-23-17(26-24-16)13-9-22-14-4-2-1-3-12(14)15(13)25/h1-9H,(H,22,25). The maximum atomic E-state index is 12.6. The summed E-state index contributed by atoms with van der Waals surface area (Å²) in [5.41, 5.74) is 0.168. The molecule has 0 atom stereocenters. The van der Waals surface area contributed by atoms with E-state index in [1.165, 1.54) is 18.3 Å². The van der Waals surface area contributed by atoms with Crippen molar-refractivity contribution in [2.75, 3.05) is 0 Å². The van der Waals surface area contributed by atoms with Crippen LogP contribution in [0.2, 0.25) is 0 Å². The first kappa shape index (κ1) is 16.1. The third kappa shape index (κ3) is 2.75. The highest BCUT2D eigenvalue weighted by Gasteiger charge is 2.30. The van der Waals surface area contributed by atoms with Gasteiger partial charge in [0.15, 0.2) is 0 Å². The second-order valence-corrected chi connectivity index (χ2v) is 5.58. The van der Waals surface area contributed by atoms with Gasteiger partial charge >= 0.3 is 6.18 Å². The van der Waals surface area contributed by atoms with Gasteiger partial charge in [0.05, 0.1) is 5.56 Å². The normalized spacial score (nSPS) is 11.8. The van der Waals surface area contributed by atoms with E-state index in [2.05, 4.69) is 15.1 Å². The van der Waals surface area contributed by atoms with Gasteiger partial charge < -0.3 is 9.51 Å². The van der Waals surface area contributed by atoms with Crippen molar-refractivity contribution in [2.45, 2.75) is 6.18 Å². The number of alkyl halides is 3. The lowest BCUT2D eigenvalue weighted by molar-refractivity contribution is -0.137. The summed E-state index contributed by atoms with van der Waals surface area (Å²) in [5, 5.41) is 4.23. The van der Waals surface area contributed by atoms with Crippen molar-refractivity contribution in [3.05, 3.63) is 70.5 Å². The summed E-state index contributed by atoms with van der Waals surface area (Å²) in [6.45, 7) is 0. The van der Waals surface area contributed by atoms with E-state index in [0.29, 0.717) is 16.5 Å². The molecular weight excluding hydrogens is 347 g/mol. The highest BCUT2D eigenvalue weighted by atomic mass is 19.4. The van der Waals surface area contributed by atoms with E-state index in [1.54, 1.807) is 24.3 Å². The molecule has 0 amide bonds. The number of benzene rings is 2. The molecule has 0 aliphatic rings. The van der Waals surface area contributed by atoms with Gasteiger partial charge in [0, 0.05) is 22.7 Å². The lowest BCUT2D eigenvalue weighted by atomic mass is 10.1. The number of pyridine rings is 1. The molecule has 26 heavy (non-hydrogen) atoms. The number of fused-ring (bicyclic) bond motifs is 1. The van der Waals surface area contributed by atoms with Crippen LogP contribution in [-0.2, 0) is 6.18 Å². The van der Waals surface area contributed by atoms with Crippen molar-refractivity contribution < 1.29 is 17.7 Å².